The molecule has 0 aliphatic heterocycles. The SMILES string of the molecule is C/C=C/COC(=O)[C@H](Cc1cc(F)cc(F)c1)NC(=O)/C=C/CCCC(C)C. The number of halogens is 2. The molecular formula is C22H29F2NO3. The maximum absolute atomic E-state index is 13.4. The van der Waals surface area contributed by atoms with Gasteiger partial charge >= 0.3 is 5.97 Å². The molecule has 0 bridgehead atoms. The van der Waals surface area contributed by atoms with E-state index >= 15 is 0 Å². The molecular weight excluding hydrogens is 364 g/mol. The Hall–Kier alpha value is -2.50. The topological polar surface area (TPSA) is 55.4 Å². The maximum Gasteiger partial charge on any atom is 0.329 e. The van der Waals surface area contributed by atoms with Crippen molar-refractivity contribution in [2.45, 2.75) is 52.5 Å². The number of ether oxygens (including phenoxy) is 1. The summed E-state index contributed by atoms with van der Waals surface area (Å²) in [5.74, 6) is -2.00. The minimum Gasteiger partial charge on any atom is -0.460 e. The van der Waals surface area contributed by atoms with Crippen molar-refractivity contribution in [3.63, 3.8) is 0 Å². The Balaban J connectivity index is 2.75. The van der Waals surface area contributed by atoms with Gasteiger partial charge in [-0.15, -0.1) is 0 Å². The number of esters is 1. The van der Waals surface area contributed by atoms with Crippen LogP contribution in [-0.4, -0.2) is 24.5 Å². The number of allylic oxidation sites excluding steroid dienone is 2. The Labute approximate surface area is 165 Å². The van der Waals surface area contributed by atoms with Gasteiger partial charge in [-0.1, -0.05) is 38.5 Å². The molecule has 4 nitrogen and oxygen atoms in total. The quantitative estimate of drug-likeness (QED) is 0.261. The molecule has 0 heterocycles. The summed E-state index contributed by atoms with van der Waals surface area (Å²) in [6.07, 6.45) is 9.22. The summed E-state index contributed by atoms with van der Waals surface area (Å²) in [6, 6.07) is 1.97. The Morgan fingerprint density at radius 1 is 1.14 bits per heavy atom. The molecule has 0 saturated heterocycles. The molecule has 0 saturated carbocycles. The fourth-order valence-electron chi connectivity index (χ4n) is 2.54. The second-order valence-corrected chi connectivity index (χ2v) is 6.97. The number of benzene rings is 1. The molecule has 154 valence electrons. The first-order valence-electron chi connectivity index (χ1n) is 9.51. The van der Waals surface area contributed by atoms with Crippen LogP contribution >= 0.6 is 0 Å². The summed E-state index contributed by atoms with van der Waals surface area (Å²) in [6.45, 7) is 6.11. The van der Waals surface area contributed by atoms with Gasteiger partial charge in [0.2, 0.25) is 5.91 Å². The average Bonchev–Trinajstić information content (AvgIpc) is 2.59. The third-order valence-electron chi connectivity index (χ3n) is 3.94. The zero-order chi connectivity index (χ0) is 20.9. The predicted octanol–water partition coefficient (Wildman–Crippen LogP) is 4.49. The number of nitrogens with one attached hydrogen (secondary N) is 1. The molecule has 0 unspecified atom stereocenters. The lowest BCUT2D eigenvalue weighted by molar-refractivity contribution is -0.146. The Bertz CT molecular complexity index is 679. The van der Waals surface area contributed by atoms with E-state index in [1.54, 1.807) is 25.2 Å². The summed E-state index contributed by atoms with van der Waals surface area (Å²) in [7, 11) is 0. The van der Waals surface area contributed by atoms with Crippen LogP contribution in [0.15, 0.2) is 42.5 Å². The van der Waals surface area contributed by atoms with Gasteiger partial charge in [0.1, 0.15) is 24.3 Å². The van der Waals surface area contributed by atoms with Crippen LogP contribution in [-0.2, 0) is 20.7 Å². The summed E-state index contributed by atoms with van der Waals surface area (Å²) in [5.41, 5.74) is 0.256. The minimum atomic E-state index is -1.04. The average molecular weight is 393 g/mol. The van der Waals surface area contributed by atoms with Crippen molar-refractivity contribution in [1.82, 2.24) is 5.32 Å². The Morgan fingerprint density at radius 3 is 2.43 bits per heavy atom. The molecule has 0 aliphatic carbocycles. The van der Waals surface area contributed by atoms with Crippen LogP contribution in [0.25, 0.3) is 0 Å². The van der Waals surface area contributed by atoms with Gasteiger partial charge in [-0.05, 0) is 49.5 Å². The maximum atomic E-state index is 13.4. The summed E-state index contributed by atoms with van der Waals surface area (Å²) < 4.78 is 31.9. The molecule has 0 radical (unpaired) electrons. The van der Waals surface area contributed by atoms with Crippen molar-refractivity contribution in [1.29, 1.82) is 0 Å². The molecule has 1 atom stereocenters. The van der Waals surface area contributed by atoms with Crippen LogP contribution in [0.3, 0.4) is 0 Å². The van der Waals surface area contributed by atoms with Crippen LogP contribution < -0.4 is 5.32 Å². The highest BCUT2D eigenvalue weighted by Gasteiger charge is 2.22. The predicted molar refractivity (Wildman–Crippen MR) is 106 cm³/mol. The van der Waals surface area contributed by atoms with Gasteiger partial charge in [-0.3, -0.25) is 4.79 Å². The second kappa shape index (κ2) is 12.8. The van der Waals surface area contributed by atoms with Crippen molar-refractivity contribution < 1.29 is 23.1 Å². The molecule has 0 fully saturated rings. The lowest BCUT2D eigenvalue weighted by Gasteiger charge is -2.17. The molecule has 1 amide bonds. The van der Waals surface area contributed by atoms with Crippen LogP contribution in [0, 0.1) is 17.6 Å². The van der Waals surface area contributed by atoms with Gasteiger partial charge in [0.05, 0.1) is 0 Å². The lowest BCUT2D eigenvalue weighted by Crippen LogP contribution is -2.42. The molecule has 28 heavy (non-hydrogen) atoms. The van der Waals surface area contributed by atoms with E-state index in [1.165, 1.54) is 6.08 Å². The van der Waals surface area contributed by atoms with E-state index in [0.717, 1.165) is 37.5 Å². The van der Waals surface area contributed by atoms with Crippen molar-refractivity contribution in [3.05, 3.63) is 59.7 Å². The molecule has 6 heteroatoms. The normalized spacial score (nSPS) is 12.6. The van der Waals surface area contributed by atoms with E-state index < -0.39 is 29.6 Å². The molecule has 0 aliphatic rings. The zero-order valence-electron chi connectivity index (χ0n) is 16.7. The van der Waals surface area contributed by atoms with Crippen molar-refractivity contribution in [2.24, 2.45) is 5.92 Å². The monoisotopic (exact) mass is 393 g/mol. The van der Waals surface area contributed by atoms with Crippen LogP contribution in [0.2, 0.25) is 0 Å². The van der Waals surface area contributed by atoms with E-state index in [9.17, 15) is 18.4 Å². The molecule has 1 aromatic carbocycles. The lowest BCUT2D eigenvalue weighted by atomic mass is 10.1. The third kappa shape index (κ3) is 10.00. The summed E-state index contributed by atoms with van der Waals surface area (Å²) >= 11 is 0. The summed E-state index contributed by atoms with van der Waals surface area (Å²) in [5, 5.41) is 2.56. The van der Waals surface area contributed by atoms with E-state index in [-0.39, 0.29) is 18.6 Å². The number of carbonyl (C=O) groups is 2. The second-order valence-electron chi connectivity index (χ2n) is 6.97. The van der Waals surface area contributed by atoms with Crippen LogP contribution in [0.1, 0.15) is 45.6 Å². The number of carbonyl (C=O) groups excluding carboxylic acids is 2. The first kappa shape index (κ1) is 23.5. The Morgan fingerprint density at radius 2 is 1.82 bits per heavy atom. The smallest absolute Gasteiger partial charge is 0.329 e. The number of rotatable bonds is 11. The van der Waals surface area contributed by atoms with Gasteiger partial charge in [0.15, 0.2) is 0 Å². The van der Waals surface area contributed by atoms with Crippen LogP contribution in [0.5, 0.6) is 0 Å². The highest BCUT2D eigenvalue weighted by molar-refractivity contribution is 5.91. The van der Waals surface area contributed by atoms with E-state index in [1.807, 2.05) is 0 Å². The fourth-order valence-corrected chi connectivity index (χ4v) is 2.54. The van der Waals surface area contributed by atoms with Gasteiger partial charge in [-0.2, -0.15) is 0 Å². The van der Waals surface area contributed by atoms with Crippen molar-refractivity contribution >= 4 is 11.9 Å². The Kier molecular flexibility index (Phi) is 10.8. The molecule has 0 spiro atoms. The summed E-state index contributed by atoms with van der Waals surface area (Å²) in [4.78, 5) is 24.4. The first-order chi connectivity index (χ1) is 13.3. The van der Waals surface area contributed by atoms with Gasteiger partial charge < -0.3 is 10.1 Å². The molecule has 1 rings (SSSR count). The van der Waals surface area contributed by atoms with Gasteiger partial charge in [0.25, 0.3) is 0 Å². The van der Waals surface area contributed by atoms with Crippen LogP contribution in [0.4, 0.5) is 8.78 Å². The van der Waals surface area contributed by atoms with Gasteiger partial charge in [-0.25, -0.2) is 13.6 Å². The highest BCUT2D eigenvalue weighted by atomic mass is 19.1. The van der Waals surface area contributed by atoms with Crippen molar-refractivity contribution in [2.75, 3.05) is 6.61 Å². The first-order valence-corrected chi connectivity index (χ1v) is 9.51. The standard InChI is InChI=1S/C22H29F2NO3/c1-4-5-11-28-22(27)20(14-17-12-18(23)15-19(24)13-17)25-21(26)10-8-6-7-9-16(2)3/h4-5,8,10,12-13,15-16,20H,6-7,9,11,14H2,1-3H3,(H,25,26)/b5-4+,10-8+/t20-/m0/s1. The third-order valence-corrected chi connectivity index (χ3v) is 3.94. The number of hydrogen-bond donors (Lipinski definition) is 1. The number of amides is 1. The van der Waals surface area contributed by atoms with Crippen molar-refractivity contribution in [3.8, 4) is 0 Å². The fraction of sp³-hybridized carbons (Fsp3) is 0.455. The number of unbranched alkanes of at least 4 members (excludes halogenated alkanes) is 1. The molecule has 1 N–H and O–H groups in total. The largest absolute Gasteiger partial charge is 0.460 e. The van der Waals surface area contributed by atoms with Gasteiger partial charge in [0, 0.05) is 12.5 Å². The number of hydrogen-bond acceptors (Lipinski definition) is 3. The van der Waals surface area contributed by atoms with E-state index in [4.69, 9.17) is 4.74 Å². The minimum absolute atomic E-state index is 0.0598. The van der Waals surface area contributed by atoms with E-state index in [2.05, 4.69) is 19.2 Å². The molecule has 1 aromatic rings. The van der Waals surface area contributed by atoms with E-state index in [0.29, 0.717) is 5.92 Å². The molecule has 0 aromatic heterocycles. The highest BCUT2D eigenvalue weighted by Crippen LogP contribution is 2.11. The zero-order valence-corrected chi connectivity index (χ0v) is 16.7.